The van der Waals surface area contributed by atoms with Crippen molar-refractivity contribution in [2.75, 3.05) is 5.75 Å². The molecule has 0 atom stereocenters. The molecule has 0 amide bonds. The average Bonchev–Trinajstić information content (AvgIpc) is 2.38. The Kier molecular flexibility index (Phi) is 10.5. The summed E-state index contributed by atoms with van der Waals surface area (Å²) in [6.07, 6.45) is 0.471. The first-order valence-electron chi connectivity index (χ1n) is 3.60. The molecule has 1 aromatic heterocycles. The summed E-state index contributed by atoms with van der Waals surface area (Å²) in [5, 5.41) is 13.4. The predicted molar refractivity (Wildman–Crippen MR) is 58.3 cm³/mol. The molecule has 1 heterocycles. The van der Waals surface area contributed by atoms with E-state index in [9.17, 15) is 13.5 Å². The molecule has 0 unspecified atom stereocenters. The van der Waals surface area contributed by atoms with E-state index in [2.05, 4.69) is 0 Å². The van der Waals surface area contributed by atoms with Crippen LogP contribution in [0.4, 0.5) is 0 Å². The molecule has 0 aromatic carbocycles. The Hall–Kier alpha value is 0.410. The Labute approximate surface area is 110 Å². The van der Waals surface area contributed by atoms with Crippen molar-refractivity contribution in [3.8, 4) is 5.75 Å². The van der Waals surface area contributed by atoms with E-state index in [1.807, 2.05) is 0 Å². The zero-order chi connectivity index (χ0) is 10.3. The molecule has 0 bridgehead atoms. The normalized spacial score (nSPS) is 9.57. The molecule has 1 rings (SSSR count). The van der Waals surface area contributed by atoms with Crippen LogP contribution >= 0.6 is 11.3 Å². The predicted octanol–water partition coefficient (Wildman–Crippen LogP) is 1.53. The van der Waals surface area contributed by atoms with Gasteiger partial charge in [-0.2, -0.15) is 8.42 Å². The smallest absolute Gasteiger partial charge is 0.189 e. The van der Waals surface area contributed by atoms with E-state index in [-0.39, 0.29) is 41.1 Å². The molecule has 0 aliphatic carbocycles. The van der Waals surface area contributed by atoms with Gasteiger partial charge in [0.2, 0.25) is 0 Å². The fraction of sp³-hybridized carbons (Fsp3) is 0.429. The van der Waals surface area contributed by atoms with E-state index in [1.54, 1.807) is 23.8 Å². The summed E-state index contributed by atoms with van der Waals surface area (Å²) < 4.78 is 27.6. The molecule has 7 heteroatoms. The number of thiophene rings is 1. The zero-order valence-electron chi connectivity index (χ0n) is 7.13. The van der Waals surface area contributed by atoms with E-state index in [0.29, 0.717) is 6.42 Å². The number of hydrogen-bond donors (Lipinski definition) is 1. The quantitative estimate of drug-likeness (QED) is 0.636. The van der Waals surface area contributed by atoms with Gasteiger partial charge in [-0.1, -0.05) is 6.92 Å². The first kappa shape index (κ1) is 16.8. The van der Waals surface area contributed by atoms with Gasteiger partial charge in [-0.05, 0) is 17.9 Å². The molecule has 77 valence electrons. The van der Waals surface area contributed by atoms with Crippen molar-refractivity contribution in [3.05, 3.63) is 16.8 Å². The minimum Gasteiger partial charge on any atom is -0.289 e. The molecular formula is C7H12NaO4S2. The van der Waals surface area contributed by atoms with Crippen LogP contribution in [0, 0.1) is 0 Å². The van der Waals surface area contributed by atoms with Crippen LogP contribution in [-0.2, 0) is 15.2 Å². The third-order valence-corrected chi connectivity index (χ3v) is 2.54. The standard InChI is InChI=1S/C4H3OS.C3H8O3S.Na.H/c5-4-1-2-6-3-4;1-2-3-7(4,5)6;;/h1-3H;2-3H2,1H3,(H,4,5,6);;. The summed E-state index contributed by atoms with van der Waals surface area (Å²) in [4.78, 5) is 0. The molecule has 1 radical (unpaired) electrons. The van der Waals surface area contributed by atoms with E-state index in [0.717, 1.165) is 0 Å². The Morgan fingerprint density at radius 1 is 1.50 bits per heavy atom. The van der Waals surface area contributed by atoms with Crippen LogP contribution in [0.2, 0.25) is 0 Å². The van der Waals surface area contributed by atoms with Crippen molar-refractivity contribution in [1.29, 1.82) is 0 Å². The van der Waals surface area contributed by atoms with Crippen molar-refractivity contribution >= 4 is 51.0 Å². The maximum atomic E-state index is 10.1. The van der Waals surface area contributed by atoms with Crippen molar-refractivity contribution < 1.29 is 18.1 Å². The van der Waals surface area contributed by atoms with E-state index in [1.165, 1.54) is 11.3 Å². The molecular weight excluding hydrogens is 235 g/mol. The van der Waals surface area contributed by atoms with Gasteiger partial charge >= 0.3 is 29.6 Å². The topological polar surface area (TPSA) is 74.3 Å². The van der Waals surface area contributed by atoms with Crippen molar-refractivity contribution in [2.24, 2.45) is 0 Å². The first-order valence-corrected chi connectivity index (χ1v) is 6.15. The van der Waals surface area contributed by atoms with Gasteiger partial charge in [0.15, 0.2) is 5.75 Å². The van der Waals surface area contributed by atoms with Crippen LogP contribution < -0.4 is 0 Å². The van der Waals surface area contributed by atoms with Gasteiger partial charge in [0.25, 0.3) is 10.1 Å². The molecule has 4 nitrogen and oxygen atoms in total. The molecule has 0 saturated carbocycles. The summed E-state index contributed by atoms with van der Waals surface area (Å²) in [6, 6.07) is 1.55. The Bertz CT molecular complexity index is 306. The van der Waals surface area contributed by atoms with Gasteiger partial charge in [0.05, 0.1) is 5.75 Å². The van der Waals surface area contributed by atoms with E-state index in [4.69, 9.17) is 4.55 Å². The van der Waals surface area contributed by atoms with Gasteiger partial charge in [0, 0.05) is 5.38 Å². The summed E-state index contributed by atoms with van der Waals surface area (Å²) in [6.45, 7) is 1.69. The van der Waals surface area contributed by atoms with Crippen LogP contribution in [0.25, 0.3) is 0 Å². The Morgan fingerprint density at radius 3 is 2.14 bits per heavy atom. The molecule has 1 N–H and O–H groups in total. The molecule has 0 aliphatic heterocycles. The fourth-order valence-electron chi connectivity index (χ4n) is 0.510. The molecule has 0 fully saturated rings. The van der Waals surface area contributed by atoms with Crippen LogP contribution in [0.5, 0.6) is 5.75 Å². The molecule has 0 aliphatic rings. The van der Waals surface area contributed by atoms with Crippen molar-refractivity contribution in [2.45, 2.75) is 13.3 Å². The zero-order valence-corrected chi connectivity index (χ0v) is 8.77. The molecule has 0 spiro atoms. The second-order valence-electron chi connectivity index (χ2n) is 2.25. The van der Waals surface area contributed by atoms with E-state index < -0.39 is 10.1 Å². The third kappa shape index (κ3) is 12.4. The molecule has 1 aromatic rings. The summed E-state index contributed by atoms with van der Waals surface area (Å²) >= 11 is 1.43. The van der Waals surface area contributed by atoms with Crippen LogP contribution in [0.1, 0.15) is 13.3 Å². The van der Waals surface area contributed by atoms with Gasteiger partial charge < -0.3 is 0 Å². The SMILES string of the molecule is CCCS(=O)(=O)O.[NaH].[O]c1ccsc1. The number of rotatable bonds is 2. The minimum absolute atomic E-state index is 0. The third-order valence-electron chi connectivity index (χ3n) is 0.957. The van der Waals surface area contributed by atoms with Crippen LogP contribution in [-0.4, -0.2) is 48.3 Å². The second kappa shape index (κ2) is 8.70. The maximum absolute atomic E-state index is 10.1. The minimum atomic E-state index is -3.67. The Balaban J connectivity index is 0. The summed E-state index contributed by atoms with van der Waals surface area (Å²) in [7, 11) is -3.67. The van der Waals surface area contributed by atoms with Crippen LogP contribution in [0.15, 0.2) is 16.8 Å². The largest absolute Gasteiger partial charge is 0.289 e. The van der Waals surface area contributed by atoms with Gasteiger partial charge in [0.1, 0.15) is 0 Å². The number of hydrogen-bond acceptors (Lipinski definition) is 3. The maximum Gasteiger partial charge on any atom is 0.189 e. The van der Waals surface area contributed by atoms with E-state index >= 15 is 0 Å². The van der Waals surface area contributed by atoms with Crippen molar-refractivity contribution in [1.82, 2.24) is 0 Å². The molecule has 14 heavy (non-hydrogen) atoms. The summed E-state index contributed by atoms with van der Waals surface area (Å²) in [5.74, 6) is -0.0208. The van der Waals surface area contributed by atoms with Gasteiger partial charge in [-0.15, -0.1) is 11.3 Å². The van der Waals surface area contributed by atoms with Crippen molar-refractivity contribution in [3.63, 3.8) is 0 Å². The molecule has 0 saturated heterocycles. The monoisotopic (exact) mass is 247 g/mol. The van der Waals surface area contributed by atoms with Crippen LogP contribution in [0.3, 0.4) is 0 Å². The van der Waals surface area contributed by atoms with Gasteiger partial charge in [-0.3, -0.25) is 9.66 Å². The second-order valence-corrected chi connectivity index (χ2v) is 4.60. The average molecular weight is 247 g/mol. The fourth-order valence-corrected chi connectivity index (χ4v) is 1.53. The Morgan fingerprint density at radius 2 is 2.07 bits per heavy atom. The first-order chi connectivity index (χ1) is 5.95. The summed E-state index contributed by atoms with van der Waals surface area (Å²) in [5.41, 5.74) is 0. The van der Waals surface area contributed by atoms with Gasteiger partial charge in [-0.25, -0.2) is 0 Å².